The second-order valence-corrected chi connectivity index (χ2v) is 2.69. The first-order valence-electron chi connectivity index (χ1n) is 3.78. The quantitative estimate of drug-likeness (QED) is 0.670. The van der Waals surface area contributed by atoms with Crippen molar-refractivity contribution in [2.75, 3.05) is 7.11 Å². The molecule has 66 valence electrons. The molecule has 0 amide bonds. The highest BCUT2D eigenvalue weighted by molar-refractivity contribution is 5.33. The van der Waals surface area contributed by atoms with Crippen LogP contribution >= 0.6 is 0 Å². The molecule has 0 saturated heterocycles. The van der Waals surface area contributed by atoms with Crippen molar-refractivity contribution in [1.82, 2.24) is 5.48 Å². The molecule has 3 nitrogen and oxygen atoms in total. The first kappa shape index (κ1) is 9.03. The number of hydrogen-bond donors (Lipinski definition) is 2. The van der Waals surface area contributed by atoms with Gasteiger partial charge < -0.3 is 9.94 Å². The van der Waals surface area contributed by atoms with Gasteiger partial charge in [0.1, 0.15) is 5.75 Å². The van der Waals surface area contributed by atoms with Crippen LogP contribution in [-0.4, -0.2) is 12.3 Å². The first-order valence-corrected chi connectivity index (χ1v) is 3.78. The maximum Gasteiger partial charge on any atom is 0.119 e. The summed E-state index contributed by atoms with van der Waals surface area (Å²) in [5.74, 6) is 0.820. The van der Waals surface area contributed by atoms with Crippen LogP contribution in [0.15, 0.2) is 18.2 Å². The molecule has 0 atom stereocenters. The van der Waals surface area contributed by atoms with Crippen molar-refractivity contribution in [3.8, 4) is 5.75 Å². The molecular formula is C9H13NO2. The molecule has 0 saturated carbocycles. The molecule has 2 N–H and O–H groups in total. The van der Waals surface area contributed by atoms with Crippen LogP contribution in [0.1, 0.15) is 11.1 Å². The van der Waals surface area contributed by atoms with E-state index in [1.54, 1.807) is 7.11 Å². The van der Waals surface area contributed by atoms with Gasteiger partial charge in [-0.05, 0) is 30.2 Å². The number of benzene rings is 1. The lowest BCUT2D eigenvalue weighted by molar-refractivity contribution is 0.161. The Kier molecular flexibility index (Phi) is 3.08. The minimum Gasteiger partial charge on any atom is -0.497 e. The third-order valence-corrected chi connectivity index (χ3v) is 1.63. The Balaban J connectivity index is 2.90. The SMILES string of the molecule is COc1cc(C)cc(CNO)c1. The zero-order valence-electron chi connectivity index (χ0n) is 7.29. The van der Waals surface area contributed by atoms with Crippen LogP contribution in [0.3, 0.4) is 0 Å². The fourth-order valence-corrected chi connectivity index (χ4v) is 1.14. The largest absolute Gasteiger partial charge is 0.497 e. The maximum atomic E-state index is 8.48. The number of nitrogens with one attached hydrogen (secondary N) is 1. The van der Waals surface area contributed by atoms with Crippen LogP contribution in [0, 0.1) is 6.92 Å². The van der Waals surface area contributed by atoms with E-state index in [1.165, 1.54) is 0 Å². The van der Waals surface area contributed by atoms with Gasteiger partial charge in [0.25, 0.3) is 0 Å². The van der Waals surface area contributed by atoms with E-state index in [0.29, 0.717) is 6.54 Å². The maximum absolute atomic E-state index is 8.48. The van der Waals surface area contributed by atoms with Crippen molar-refractivity contribution in [3.63, 3.8) is 0 Å². The molecule has 0 radical (unpaired) electrons. The van der Waals surface area contributed by atoms with Gasteiger partial charge in [-0.2, -0.15) is 0 Å². The summed E-state index contributed by atoms with van der Waals surface area (Å²) in [5, 5.41) is 8.48. The Hall–Kier alpha value is -1.06. The van der Waals surface area contributed by atoms with Crippen LogP contribution in [0.5, 0.6) is 5.75 Å². The van der Waals surface area contributed by atoms with Crippen molar-refractivity contribution in [3.05, 3.63) is 29.3 Å². The predicted octanol–water partition coefficient (Wildman–Crippen LogP) is 1.48. The monoisotopic (exact) mass is 167 g/mol. The molecule has 0 aliphatic rings. The summed E-state index contributed by atoms with van der Waals surface area (Å²) >= 11 is 0. The Morgan fingerprint density at radius 1 is 1.42 bits per heavy atom. The summed E-state index contributed by atoms with van der Waals surface area (Å²) in [6.45, 7) is 2.43. The van der Waals surface area contributed by atoms with Gasteiger partial charge in [-0.1, -0.05) is 6.07 Å². The number of methoxy groups -OCH3 is 1. The van der Waals surface area contributed by atoms with Crippen molar-refractivity contribution in [2.24, 2.45) is 0 Å². The van der Waals surface area contributed by atoms with Gasteiger partial charge in [-0.3, -0.25) is 0 Å². The fourth-order valence-electron chi connectivity index (χ4n) is 1.14. The van der Waals surface area contributed by atoms with Gasteiger partial charge in [0.05, 0.1) is 7.11 Å². The molecule has 0 bridgehead atoms. The average molecular weight is 167 g/mol. The third kappa shape index (κ3) is 2.22. The van der Waals surface area contributed by atoms with E-state index >= 15 is 0 Å². The molecule has 0 fully saturated rings. The summed E-state index contributed by atoms with van der Waals surface area (Å²) in [5.41, 5.74) is 4.24. The normalized spacial score (nSPS) is 9.92. The van der Waals surface area contributed by atoms with E-state index in [1.807, 2.05) is 25.1 Å². The number of hydroxylamine groups is 1. The third-order valence-electron chi connectivity index (χ3n) is 1.63. The highest BCUT2D eigenvalue weighted by Gasteiger charge is 1.97. The highest BCUT2D eigenvalue weighted by Crippen LogP contribution is 2.15. The lowest BCUT2D eigenvalue weighted by Crippen LogP contribution is -2.06. The van der Waals surface area contributed by atoms with Gasteiger partial charge >= 0.3 is 0 Å². The number of aryl methyl sites for hydroxylation is 1. The van der Waals surface area contributed by atoms with Gasteiger partial charge in [0.15, 0.2) is 0 Å². The molecule has 0 spiro atoms. The van der Waals surface area contributed by atoms with E-state index in [0.717, 1.165) is 16.9 Å². The predicted molar refractivity (Wildman–Crippen MR) is 46.4 cm³/mol. The second kappa shape index (κ2) is 4.09. The second-order valence-electron chi connectivity index (χ2n) is 2.69. The van der Waals surface area contributed by atoms with Crippen LogP contribution < -0.4 is 10.2 Å². The van der Waals surface area contributed by atoms with E-state index < -0.39 is 0 Å². The molecule has 3 heteroatoms. The van der Waals surface area contributed by atoms with E-state index in [2.05, 4.69) is 5.48 Å². The molecule has 1 aromatic rings. The summed E-state index contributed by atoms with van der Waals surface area (Å²) in [4.78, 5) is 0. The summed E-state index contributed by atoms with van der Waals surface area (Å²) in [7, 11) is 1.63. The Labute approximate surface area is 71.9 Å². The van der Waals surface area contributed by atoms with Crippen molar-refractivity contribution < 1.29 is 9.94 Å². The highest BCUT2D eigenvalue weighted by atomic mass is 16.5. The van der Waals surface area contributed by atoms with E-state index in [9.17, 15) is 0 Å². The van der Waals surface area contributed by atoms with Crippen LogP contribution in [0.25, 0.3) is 0 Å². The molecule has 12 heavy (non-hydrogen) atoms. The smallest absolute Gasteiger partial charge is 0.119 e. The standard InChI is InChI=1S/C9H13NO2/c1-7-3-8(6-10-11)5-9(4-7)12-2/h3-5,10-11H,6H2,1-2H3. The zero-order valence-corrected chi connectivity index (χ0v) is 7.29. The van der Waals surface area contributed by atoms with Crippen molar-refractivity contribution in [1.29, 1.82) is 0 Å². The Morgan fingerprint density at radius 3 is 2.75 bits per heavy atom. The molecular weight excluding hydrogens is 154 g/mol. The van der Waals surface area contributed by atoms with Gasteiger partial charge in [-0.25, -0.2) is 5.48 Å². The first-order chi connectivity index (χ1) is 5.76. The molecule has 1 rings (SSSR count). The molecule has 0 heterocycles. The van der Waals surface area contributed by atoms with Gasteiger partial charge in [0.2, 0.25) is 0 Å². The molecule has 0 aliphatic carbocycles. The molecule has 1 aromatic carbocycles. The molecule has 0 aromatic heterocycles. The summed E-state index contributed by atoms with van der Waals surface area (Å²) < 4.78 is 5.07. The lowest BCUT2D eigenvalue weighted by atomic mass is 10.1. The van der Waals surface area contributed by atoms with E-state index in [-0.39, 0.29) is 0 Å². The lowest BCUT2D eigenvalue weighted by Gasteiger charge is -2.05. The van der Waals surface area contributed by atoms with Gasteiger partial charge in [-0.15, -0.1) is 0 Å². The molecule has 0 aliphatic heterocycles. The Bertz CT molecular complexity index is 261. The number of ether oxygens (including phenoxy) is 1. The fraction of sp³-hybridized carbons (Fsp3) is 0.333. The Morgan fingerprint density at radius 2 is 2.17 bits per heavy atom. The summed E-state index contributed by atoms with van der Waals surface area (Å²) in [6, 6.07) is 5.82. The van der Waals surface area contributed by atoms with Crippen LogP contribution in [0.4, 0.5) is 0 Å². The minimum absolute atomic E-state index is 0.442. The zero-order chi connectivity index (χ0) is 8.97. The topological polar surface area (TPSA) is 41.5 Å². The summed E-state index contributed by atoms with van der Waals surface area (Å²) in [6.07, 6.45) is 0. The minimum atomic E-state index is 0.442. The van der Waals surface area contributed by atoms with Crippen molar-refractivity contribution >= 4 is 0 Å². The van der Waals surface area contributed by atoms with Gasteiger partial charge in [0, 0.05) is 6.54 Å². The number of hydrogen-bond acceptors (Lipinski definition) is 3. The van der Waals surface area contributed by atoms with Crippen LogP contribution in [-0.2, 0) is 6.54 Å². The van der Waals surface area contributed by atoms with Crippen LogP contribution in [0.2, 0.25) is 0 Å². The molecule has 0 unspecified atom stereocenters. The van der Waals surface area contributed by atoms with Crippen molar-refractivity contribution in [2.45, 2.75) is 13.5 Å². The average Bonchev–Trinajstić information content (AvgIpc) is 2.04. The number of rotatable bonds is 3. The van der Waals surface area contributed by atoms with E-state index in [4.69, 9.17) is 9.94 Å².